The molecular weight excluding hydrogens is 353 g/mol. The second-order valence-electron chi connectivity index (χ2n) is 5.62. The van der Waals surface area contributed by atoms with Crippen molar-refractivity contribution in [3.8, 4) is 5.80 Å². The molecule has 0 aliphatic heterocycles. The summed E-state index contributed by atoms with van der Waals surface area (Å²) in [5, 5.41) is 9.02. The summed E-state index contributed by atoms with van der Waals surface area (Å²) < 4.78 is 27.3. The third kappa shape index (κ3) is 4.59. The van der Waals surface area contributed by atoms with Gasteiger partial charge in [0.05, 0.1) is 0 Å². The summed E-state index contributed by atoms with van der Waals surface area (Å²) in [7, 11) is 1.25. The summed E-state index contributed by atoms with van der Waals surface area (Å²) in [5.74, 6) is 1.39. The molecule has 0 fully saturated rings. The van der Waals surface area contributed by atoms with Crippen molar-refractivity contribution in [1.29, 1.82) is 0 Å². The summed E-state index contributed by atoms with van der Waals surface area (Å²) >= 11 is 0. The topological polar surface area (TPSA) is 99.6 Å². The van der Waals surface area contributed by atoms with Crippen LogP contribution in [0.25, 0.3) is 0 Å². The van der Waals surface area contributed by atoms with Crippen LogP contribution in [0.2, 0.25) is 0 Å². The molecule has 2 N–H and O–H groups in total. The van der Waals surface area contributed by atoms with E-state index in [1.165, 1.54) is 23.8 Å². The van der Waals surface area contributed by atoms with Crippen LogP contribution < -0.4 is 5.48 Å². The number of hydrogen-bond acceptors (Lipinski definition) is 5. The second-order valence-corrected chi connectivity index (χ2v) is 7.52. The molecule has 134 valence electrons. The average Bonchev–Trinajstić information content (AvgIpc) is 2.65. The van der Waals surface area contributed by atoms with Gasteiger partial charge in [0.1, 0.15) is 0 Å². The third-order valence-corrected chi connectivity index (χ3v) is 5.63. The van der Waals surface area contributed by atoms with Crippen LogP contribution in [0, 0.1) is 12.7 Å². The van der Waals surface area contributed by atoms with Crippen LogP contribution in [0.5, 0.6) is 0 Å². The Kier molecular flexibility index (Phi) is 6.71. The molecule has 1 aromatic heterocycles. The van der Waals surface area contributed by atoms with Crippen molar-refractivity contribution in [2.24, 2.45) is 0 Å². The van der Waals surface area contributed by atoms with Gasteiger partial charge >= 0.3 is 153 Å². The number of carbonyl (C=O) groups excluding carboxylic acids is 1. The van der Waals surface area contributed by atoms with E-state index in [-0.39, 0.29) is 17.9 Å². The Morgan fingerprint density at radius 2 is 2.04 bits per heavy atom. The molecule has 1 aromatic carbocycles. The molecule has 26 heavy (non-hydrogen) atoms. The molecule has 0 aliphatic carbocycles. The van der Waals surface area contributed by atoms with E-state index in [9.17, 15) is 13.2 Å². The van der Waals surface area contributed by atoms with Crippen LogP contribution in [0.1, 0.15) is 17.5 Å². The number of amides is 1. The Morgan fingerprint density at radius 3 is 2.58 bits per heavy atom. The summed E-state index contributed by atoms with van der Waals surface area (Å²) in [6, 6.07) is 8.34. The van der Waals surface area contributed by atoms with E-state index >= 15 is 0 Å². The number of hydroxylamine groups is 1. The van der Waals surface area contributed by atoms with E-state index in [4.69, 9.17) is 12.5 Å². The fourth-order valence-electron chi connectivity index (χ4n) is 2.39. The molecule has 2 aromatic rings. The number of rotatable bonds is 7. The number of sulfonamides is 1. The number of benzene rings is 1. The van der Waals surface area contributed by atoms with Crippen LogP contribution in [-0.4, -0.2) is 42.2 Å². The van der Waals surface area contributed by atoms with Crippen LogP contribution >= 0.6 is 0 Å². The second kappa shape index (κ2) is 8.78. The first-order chi connectivity index (χ1) is 12.4. The number of hydrogen-bond donors (Lipinski definition) is 2. The Morgan fingerprint density at radius 1 is 1.35 bits per heavy atom. The van der Waals surface area contributed by atoms with Gasteiger partial charge in [0.25, 0.3) is 0 Å². The normalized spacial score (nSPS) is 12.5. The fraction of sp³-hybridized carbons (Fsp3) is 0.235. The Labute approximate surface area is 153 Å². The number of carbonyl (C=O) groups is 1. The van der Waals surface area contributed by atoms with Crippen LogP contribution in [0.3, 0.4) is 0 Å². The Bertz CT molecular complexity index is 896. The van der Waals surface area contributed by atoms with E-state index in [0.717, 1.165) is 9.87 Å². The summed E-state index contributed by atoms with van der Waals surface area (Å²) in [5.41, 5.74) is 2.97. The molecule has 1 atom stereocenters. The third-order valence-electron chi connectivity index (χ3n) is 3.76. The van der Waals surface area contributed by atoms with Crippen LogP contribution in [-0.2, 0) is 21.4 Å². The van der Waals surface area contributed by atoms with Gasteiger partial charge in [-0.1, -0.05) is 0 Å². The minimum absolute atomic E-state index is 0.0275. The molecule has 0 radical (unpaired) electrons. The van der Waals surface area contributed by atoms with Crippen molar-refractivity contribution in [3.63, 3.8) is 0 Å². The Hall–Kier alpha value is -2.45. The first-order valence-electron chi connectivity index (χ1n) is 7.75. The van der Waals surface area contributed by atoms with Gasteiger partial charge in [-0.15, -0.1) is 0 Å². The number of nitrogens with zero attached hydrogens (tertiary/aromatic N) is 2. The molecule has 0 unspecified atom stereocenters. The maximum absolute atomic E-state index is 13.2. The molecule has 0 saturated heterocycles. The summed E-state index contributed by atoms with van der Waals surface area (Å²) in [4.78, 5) is 16.1. The summed E-state index contributed by atoms with van der Waals surface area (Å²) in [6.07, 6.45) is 2.86. The monoisotopic (exact) mass is 371 g/mol. The quantitative estimate of drug-likeness (QED) is 0.429. The molecule has 0 saturated carbocycles. The number of pyridine rings is 1. The van der Waals surface area contributed by atoms with Crippen LogP contribution in [0.15, 0.2) is 53.7 Å². The molecule has 1 amide bonds. The van der Waals surface area contributed by atoms with Crippen molar-refractivity contribution in [2.45, 2.75) is 30.8 Å². The van der Waals surface area contributed by atoms with E-state index in [1.54, 1.807) is 30.5 Å². The number of nitrogens with one attached hydrogen (secondary N) is 1. The number of aromatic nitrogens is 1. The van der Waals surface area contributed by atoms with Crippen molar-refractivity contribution in [2.75, 3.05) is 0 Å². The van der Waals surface area contributed by atoms with Crippen molar-refractivity contribution >= 4 is 23.3 Å². The van der Waals surface area contributed by atoms with Gasteiger partial charge in [0, 0.05) is 0 Å². The fourth-order valence-corrected chi connectivity index (χ4v) is 3.97. The van der Waals surface area contributed by atoms with E-state index in [0.29, 0.717) is 5.56 Å². The van der Waals surface area contributed by atoms with E-state index in [2.05, 4.69) is 10.8 Å². The van der Waals surface area contributed by atoms with Gasteiger partial charge in [-0.3, -0.25) is 0 Å². The maximum atomic E-state index is 13.2. The van der Waals surface area contributed by atoms with Crippen LogP contribution in [0.4, 0.5) is 0 Å². The van der Waals surface area contributed by atoms with E-state index < -0.39 is 22.0 Å². The van der Waals surface area contributed by atoms with Gasteiger partial charge in [0.15, 0.2) is 0 Å². The zero-order valence-electron chi connectivity index (χ0n) is 14.2. The molecule has 1 heterocycles. The zero-order valence-corrected chi connectivity index (χ0v) is 15.0. The molecule has 2 rings (SSSR count). The first-order valence-corrected chi connectivity index (χ1v) is 9.19. The predicted octanol–water partition coefficient (Wildman–Crippen LogP) is 0.973. The van der Waals surface area contributed by atoms with Gasteiger partial charge in [0.2, 0.25) is 0 Å². The minimum atomic E-state index is -4.05. The summed E-state index contributed by atoms with van der Waals surface area (Å²) in [6.45, 7) is 1.72. The van der Waals surface area contributed by atoms with Crippen molar-refractivity contribution < 1.29 is 18.4 Å². The van der Waals surface area contributed by atoms with Gasteiger partial charge in [-0.25, -0.2) is 0 Å². The first kappa shape index (κ1) is 19.9. The SMILES string of the molecule is B#CC[C@H](C(=O)NO)N(Cc1cccnc1)S(=O)(=O)c1ccc(C)cc1. The van der Waals surface area contributed by atoms with Crippen molar-refractivity contribution in [1.82, 2.24) is 14.8 Å². The molecule has 0 spiro atoms. The standard InChI is InChI=1S/C17H18BN3O4S/c1-13-4-6-15(7-5-13)26(24,25)21(12-14-3-2-10-19-11-14)16(8-9-18)17(22)20-23/h2-7,10-11,16,23H,8,12H2,1H3,(H,20,22)/t16-/m1/s1. The molecular formula is C17H18BN3O4S. The zero-order chi connectivity index (χ0) is 19.2. The molecule has 0 bridgehead atoms. The van der Waals surface area contributed by atoms with Gasteiger partial charge < -0.3 is 0 Å². The Balaban J connectivity index is 2.52. The van der Waals surface area contributed by atoms with Gasteiger partial charge in [-0.2, -0.15) is 0 Å². The molecule has 0 aliphatic rings. The molecule has 9 heteroatoms. The number of aryl methyl sites for hydroxylation is 1. The van der Waals surface area contributed by atoms with Crippen molar-refractivity contribution in [3.05, 3.63) is 59.9 Å². The van der Waals surface area contributed by atoms with E-state index in [1.807, 2.05) is 6.92 Å². The molecule has 7 nitrogen and oxygen atoms in total. The average molecular weight is 371 g/mol. The predicted molar refractivity (Wildman–Crippen MR) is 96.1 cm³/mol. The van der Waals surface area contributed by atoms with Gasteiger partial charge in [-0.05, 0) is 0 Å².